The number of rotatable bonds is 4. The molecule has 0 saturated heterocycles. The van der Waals surface area contributed by atoms with E-state index in [1.54, 1.807) is 23.9 Å². The highest BCUT2D eigenvalue weighted by Crippen LogP contribution is 2.26. The maximum atomic E-state index is 11.8. The maximum absolute atomic E-state index is 11.8. The van der Waals surface area contributed by atoms with Gasteiger partial charge in [0.15, 0.2) is 5.69 Å². The number of benzene rings is 1. The first-order valence-corrected chi connectivity index (χ1v) is 8.22. The van der Waals surface area contributed by atoms with Crippen molar-refractivity contribution in [2.75, 3.05) is 0 Å². The average molecular weight is 356 g/mol. The first kappa shape index (κ1) is 17.2. The minimum Gasteiger partial charge on any atom is -0.477 e. The molecule has 3 aromatic rings. The summed E-state index contributed by atoms with van der Waals surface area (Å²) in [6, 6.07) is 7.65. The van der Waals surface area contributed by atoms with Crippen molar-refractivity contribution in [2.24, 2.45) is 0 Å². The molecule has 0 aliphatic carbocycles. The normalized spacial score (nSPS) is 10.9. The van der Waals surface area contributed by atoms with Crippen LogP contribution in [0, 0.1) is 20.8 Å². The third-order valence-electron chi connectivity index (χ3n) is 4.01. The number of pyridine rings is 1. The molecule has 0 bridgehead atoms. The highest BCUT2D eigenvalue weighted by Gasteiger charge is 2.22. The van der Waals surface area contributed by atoms with Gasteiger partial charge in [0.05, 0.1) is 12.2 Å². The van der Waals surface area contributed by atoms with Crippen LogP contribution in [0.2, 0.25) is 5.02 Å². The molecule has 2 heterocycles. The van der Waals surface area contributed by atoms with Gasteiger partial charge in [-0.15, -0.1) is 0 Å². The number of halogens is 1. The van der Waals surface area contributed by atoms with Gasteiger partial charge in [-0.2, -0.15) is 0 Å². The Labute approximate surface area is 150 Å². The van der Waals surface area contributed by atoms with Crippen LogP contribution >= 0.6 is 11.6 Å². The van der Waals surface area contributed by atoms with Crippen LogP contribution < -0.4 is 0 Å². The Balaban J connectivity index is 2.19. The number of hydrogen-bond acceptors (Lipinski definition) is 3. The summed E-state index contributed by atoms with van der Waals surface area (Å²) in [5.74, 6) is -0.440. The van der Waals surface area contributed by atoms with Crippen molar-refractivity contribution in [1.29, 1.82) is 0 Å². The minimum atomic E-state index is -1.01. The number of carboxylic acids is 1. The van der Waals surface area contributed by atoms with Crippen LogP contribution in [0.15, 0.2) is 36.7 Å². The highest BCUT2D eigenvalue weighted by atomic mass is 35.5. The van der Waals surface area contributed by atoms with E-state index in [9.17, 15) is 9.90 Å². The Morgan fingerprint density at radius 1 is 1.16 bits per heavy atom. The molecule has 0 atom stereocenters. The number of aromatic nitrogens is 3. The maximum Gasteiger partial charge on any atom is 0.354 e. The number of carbonyl (C=O) groups is 1. The number of hydrogen-bond donors (Lipinski definition) is 1. The predicted molar refractivity (Wildman–Crippen MR) is 97.2 cm³/mol. The van der Waals surface area contributed by atoms with Crippen molar-refractivity contribution in [2.45, 2.75) is 27.3 Å². The van der Waals surface area contributed by atoms with Crippen LogP contribution in [-0.4, -0.2) is 25.6 Å². The molecule has 0 saturated carbocycles. The van der Waals surface area contributed by atoms with E-state index in [0.29, 0.717) is 23.1 Å². The van der Waals surface area contributed by atoms with Gasteiger partial charge in [0, 0.05) is 23.0 Å². The van der Waals surface area contributed by atoms with Gasteiger partial charge in [-0.25, -0.2) is 9.78 Å². The molecule has 2 aromatic heterocycles. The molecule has 0 fully saturated rings. The first-order valence-electron chi connectivity index (χ1n) is 7.84. The molecule has 1 aromatic carbocycles. The van der Waals surface area contributed by atoms with E-state index in [2.05, 4.69) is 9.97 Å². The van der Waals surface area contributed by atoms with E-state index in [-0.39, 0.29) is 5.69 Å². The lowest BCUT2D eigenvalue weighted by Crippen LogP contribution is -2.12. The second-order valence-corrected chi connectivity index (χ2v) is 6.51. The Bertz CT molecular complexity index is 963. The number of nitrogens with zero attached hydrogens (tertiary/aromatic N) is 3. The standard InChI is InChI=1S/C19H18ClN3O2/c1-11-4-5-16(20)15(6-11)10-23-17(19(24)25)13(3)22-18(23)14-7-12(2)8-21-9-14/h4-9H,10H2,1-3H3,(H,24,25). The van der Waals surface area contributed by atoms with Crippen LogP contribution in [0.1, 0.15) is 32.9 Å². The smallest absolute Gasteiger partial charge is 0.354 e. The summed E-state index contributed by atoms with van der Waals surface area (Å²) in [7, 11) is 0. The molecule has 5 nitrogen and oxygen atoms in total. The molecule has 0 radical (unpaired) electrons. The number of aromatic carboxylic acids is 1. The van der Waals surface area contributed by atoms with Crippen LogP contribution in [0.4, 0.5) is 0 Å². The Morgan fingerprint density at radius 2 is 1.92 bits per heavy atom. The van der Waals surface area contributed by atoms with Crippen molar-refractivity contribution in [3.05, 3.63) is 69.8 Å². The average Bonchev–Trinajstić information content (AvgIpc) is 2.87. The highest BCUT2D eigenvalue weighted by molar-refractivity contribution is 6.31. The second kappa shape index (κ2) is 6.69. The van der Waals surface area contributed by atoms with Crippen LogP contribution in [-0.2, 0) is 6.54 Å². The fourth-order valence-corrected chi connectivity index (χ4v) is 3.07. The van der Waals surface area contributed by atoms with Gasteiger partial charge in [-0.3, -0.25) is 4.98 Å². The summed E-state index contributed by atoms with van der Waals surface area (Å²) >= 11 is 6.31. The lowest BCUT2D eigenvalue weighted by Gasteiger charge is -2.12. The monoisotopic (exact) mass is 355 g/mol. The quantitative estimate of drug-likeness (QED) is 0.758. The molecular formula is C19H18ClN3O2. The van der Waals surface area contributed by atoms with E-state index >= 15 is 0 Å². The SMILES string of the molecule is Cc1cncc(-c2nc(C)c(C(=O)O)n2Cc2cc(C)ccc2Cl)c1. The molecular weight excluding hydrogens is 338 g/mol. The van der Waals surface area contributed by atoms with E-state index in [1.165, 1.54) is 0 Å². The Morgan fingerprint density at radius 3 is 2.60 bits per heavy atom. The van der Waals surface area contributed by atoms with Crippen LogP contribution in [0.3, 0.4) is 0 Å². The van der Waals surface area contributed by atoms with Gasteiger partial charge < -0.3 is 9.67 Å². The van der Waals surface area contributed by atoms with Gasteiger partial charge in [-0.05, 0) is 44.0 Å². The van der Waals surface area contributed by atoms with E-state index in [0.717, 1.165) is 22.3 Å². The summed E-state index contributed by atoms with van der Waals surface area (Å²) < 4.78 is 1.69. The minimum absolute atomic E-state index is 0.161. The van der Waals surface area contributed by atoms with Crippen molar-refractivity contribution >= 4 is 17.6 Å². The first-order chi connectivity index (χ1) is 11.9. The summed E-state index contributed by atoms with van der Waals surface area (Å²) in [5, 5.41) is 10.3. The van der Waals surface area contributed by atoms with E-state index in [1.807, 2.05) is 38.1 Å². The van der Waals surface area contributed by atoms with Crippen LogP contribution in [0.25, 0.3) is 11.4 Å². The molecule has 3 rings (SSSR count). The topological polar surface area (TPSA) is 68.0 Å². The second-order valence-electron chi connectivity index (χ2n) is 6.11. The van der Waals surface area contributed by atoms with Gasteiger partial charge >= 0.3 is 5.97 Å². The van der Waals surface area contributed by atoms with E-state index < -0.39 is 5.97 Å². The summed E-state index contributed by atoms with van der Waals surface area (Å²) in [6.45, 7) is 5.94. The van der Waals surface area contributed by atoms with Crippen molar-refractivity contribution in [3.63, 3.8) is 0 Å². The van der Waals surface area contributed by atoms with Gasteiger partial charge in [0.1, 0.15) is 5.82 Å². The number of aryl methyl sites for hydroxylation is 3. The molecule has 0 aliphatic heterocycles. The Hall–Kier alpha value is -2.66. The lowest BCUT2D eigenvalue weighted by molar-refractivity contribution is 0.0685. The van der Waals surface area contributed by atoms with Crippen molar-refractivity contribution < 1.29 is 9.90 Å². The summed E-state index contributed by atoms with van der Waals surface area (Å²) in [5.41, 5.74) is 4.30. The van der Waals surface area contributed by atoms with Crippen LogP contribution in [0.5, 0.6) is 0 Å². The van der Waals surface area contributed by atoms with Gasteiger partial charge in [0.2, 0.25) is 0 Å². The van der Waals surface area contributed by atoms with Crippen molar-refractivity contribution in [1.82, 2.24) is 14.5 Å². The fraction of sp³-hybridized carbons (Fsp3) is 0.211. The zero-order valence-electron chi connectivity index (χ0n) is 14.2. The van der Waals surface area contributed by atoms with Crippen molar-refractivity contribution in [3.8, 4) is 11.4 Å². The molecule has 0 unspecified atom stereocenters. The predicted octanol–water partition coefficient (Wildman–Crippen LogP) is 4.27. The summed E-state index contributed by atoms with van der Waals surface area (Å²) in [4.78, 5) is 20.5. The fourth-order valence-electron chi connectivity index (χ4n) is 2.89. The third kappa shape index (κ3) is 3.42. The summed E-state index contributed by atoms with van der Waals surface area (Å²) in [6.07, 6.45) is 3.44. The largest absolute Gasteiger partial charge is 0.477 e. The number of carboxylic acid groups (broad SMARTS) is 1. The zero-order valence-corrected chi connectivity index (χ0v) is 15.0. The van der Waals surface area contributed by atoms with Gasteiger partial charge in [0.25, 0.3) is 0 Å². The Kier molecular flexibility index (Phi) is 4.59. The van der Waals surface area contributed by atoms with Gasteiger partial charge in [-0.1, -0.05) is 29.3 Å². The molecule has 1 N–H and O–H groups in total. The molecule has 0 amide bonds. The molecule has 25 heavy (non-hydrogen) atoms. The lowest BCUT2D eigenvalue weighted by atomic mass is 10.1. The zero-order chi connectivity index (χ0) is 18.1. The molecule has 0 spiro atoms. The van der Waals surface area contributed by atoms with E-state index in [4.69, 9.17) is 11.6 Å². The molecule has 128 valence electrons. The molecule has 0 aliphatic rings. The molecule has 6 heteroatoms. The number of imidazole rings is 1. The third-order valence-corrected chi connectivity index (χ3v) is 4.38.